The number of phosphoric ester groups is 1. The molecule has 0 aliphatic carbocycles. The lowest BCUT2D eigenvalue weighted by Crippen LogP contribution is -2.09. The van der Waals surface area contributed by atoms with E-state index in [-0.39, 0.29) is 13.2 Å². The van der Waals surface area contributed by atoms with Crippen LogP contribution in [0.15, 0.2) is 0 Å². The van der Waals surface area contributed by atoms with Crippen molar-refractivity contribution in [2.45, 2.75) is 13.6 Å². The van der Waals surface area contributed by atoms with Gasteiger partial charge < -0.3 is 9.79 Å². The molecule has 0 amide bonds. The Balaban J connectivity index is 3.40. The maximum Gasteiger partial charge on any atom is 0.468 e. The summed E-state index contributed by atoms with van der Waals surface area (Å²) < 4.78 is 14.2. The van der Waals surface area contributed by atoms with Crippen LogP contribution in [-0.4, -0.2) is 23.0 Å². The largest absolute Gasteiger partial charge is 0.468 e. The van der Waals surface area contributed by atoms with Gasteiger partial charge in [-0.2, -0.15) is 0 Å². The summed E-state index contributed by atoms with van der Waals surface area (Å²) >= 11 is 0. The summed E-state index contributed by atoms with van der Waals surface area (Å²) in [5.74, 6) is 0. The van der Waals surface area contributed by atoms with E-state index in [0.717, 1.165) is 0 Å². The minimum Gasteiger partial charge on any atom is -0.303 e. The van der Waals surface area contributed by atoms with Gasteiger partial charge in [0, 0.05) is 6.51 Å². The average Bonchev–Trinajstić information content (AvgIpc) is 1.59. The van der Waals surface area contributed by atoms with Gasteiger partial charge in [0.2, 0.25) is 0 Å². The highest BCUT2D eigenvalue weighted by molar-refractivity contribution is 7.46. The zero-order chi connectivity index (χ0) is 7.49. The van der Waals surface area contributed by atoms with Crippen molar-refractivity contribution in [3.05, 3.63) is 0 Å². The van der Waals surface area contributed by atoms with E-state index in [4.69, 9.17) is 9.79 Å². The SMILES string of the molecule is CB(C)COP(=O)(O)O. The summed E-state index contributed by atoms with van der Waals surface area (Å²) in [5.41, 5.74) is 0. The van der Waals surface area contributed by atoms with Crippen molar-refractivity contribution < 1.29 is 18.9 Å². The predicted molar refractivity (Wildman–Crippen MR) is 35.5 cm³/mol. The highest BCUT2D eigenvalue weighted by Crippen LogP contribution is 2.35. The Kier molecular flexibility index (Phi) is 3.44. The summed E-state index contributed by atoms with van der Waals surface area (Å²) in [6, 6.07) is 0. The molecule has 0 radical (unpaired) electrons. The lowest BCUT2D eigenvalue weighted by Gasteiger charge is -2.04. The first-order chi connectivity index (χ1) is 3.92. The third kappa shape index (κ3) is 8.17. The van der Waals surface area contributed by atoms with E-state index in [1.807, 2.05) is 13.6 Å². The molecule has 54 valence electrons. The number of hydrogen-bond acceptors (Lipinski definition) is 2. The predicted octanol–water partition coefficient (Wildman–Crippen LogP) is 0.389. The second kappa shape index (κ2) is 3.37. The van der Waals surface area contributed by atoms with Crippen molar-refractivity contribution in [3.8, 4) is 0 Å². The molecule has 0 aromatic heterocycles. The van der Waals surface area contributed by atoms with Gasteiger partial charge in [0.15, 0.2) is 6.71 Å². The van der Waals surface area contributed by atoms with Gasteiger partial charge in [-0.3, -0.25) is 4.52 Å². The van der Waals surface area contributed by atoms with Gasteiger partial charge in [-0.15, -0.1) is 0 Å². The molecular weight excluding hydrogens is 142 g/mol. The summed E-state index contributed by atoms with van der Waals surface area (Å²) in [5, 5.41) is 0. The van der Waals surface area contributed by atoms with Crippen LogP contribution >= 0.6 is 7.82 Å². The smallest absolute Gasteiger partial charge is 0.303 e. The van der Waals surface area contributed by atoms with E-state index >= 15 is 0 Å². The van der Waals surface area contributed by atoms with E-state index in [1.165, 1.54) is 0 Å². The molecule has 0 aromatic carbocycles. The monoisotopic (exact) mass is 152 g/mol. The van der Waals surface area contributed by atoms with Crippen molar-refractivity contribution in [3.63, 3.8) is 0 Å². The van der Waals surface area contributed by atoms with Crippen LogP contribution in [0.4, 0.5) is 0 Å². The first-order valence-corrected chi connectivity index (χ1v) is 4.15. The zero-order valence-corrected chi connectivity index (χ0v) is 6.34. The third-order valence-electron chi connectivity index (χ3n) is 0.576. The fraction of sp³-hybridized carbons (Fsp3) is 1.00. The molecule has 0 bridgehead atoms. The maximum atomic E-state index is 10.0. The molecule has 0 aliphatic rings. The molecule has 2 N–H and O–H groups in total. The average molecular weight is 152 g/mol. The van der Waals surface area contributed by atoms with Crippen LogP contribution in [0.25, 0.3) is 0 Å². The third-order valence-corrected chi connectivity index (χ3v) is 1.06. The first-order valence-electron chi connectivity index (χ1n) is 2.62. The minimum absolute atomic E-state index is 0.101. The van der Waals surface area contributed by atoms with Gasteiger partial charge in [0.25, 0.3) is 0 Å². The maximum absolute atomic E-state index is 10.0. The van der Waals surface area contributed by atoms with Gasteiger partial charge in [-0.05, 0) is 0 Å². The second-order valence-corrected chi connectivity index (χ2v) is 3.42. The quantitative estimate of drug-likeness (QED) is 0.453. The van der Waals surface area contributed by atoms with E-state index in [9.17, 15) is 4.57 Å². The van der Waals surface area contributed by atoms with Gasteiger partial charge in [-0.1, -0.05) is 13.6 Å². The Morgan fingerprint density at radius 2 is 2.00 bits per heavy atom. The molecule has 0 aliphatic heterocycles. The number of hydrogen-bond donors (Lipinski definition) is 2. The fourth-order valence-electron chi connectivity index (χ4n) is 0.246. The van der Waals surface area contributed by atoms with Crippen LogP contribution in [0.1, 0.15) is 0 Å². The van der Waals surface area contributed by atoms with Gasteiger partial charge >= 0.3 is 7.82 Å². The molecule has 0 unspecified atom stereocenters. The molecule has 9 heavy (non-hydrogen) atoms. The highest BCUT2D eigenvalue weighted by Gasteiger charge is 2.14. The Morgan fingerprint density at radius 3 is 2.11 bits per heavy atom. The molecule has 0 aromatic rings. The second-order valence-electron chi connectivity index (χ2n) is 2.18. The van der Waals surface area contributed by atoms with Crippen LogP contribution in [0.5, 0.6) is 0 Å². The van der Waals surface area contributed by atoms with E-state index < -0.39 is 7.82 Å². The van der Waals surface area contributed by atoms with Crippen molar-refractivity contribution in [2.75, 3.05) is 6.51 Å². The lowest BCUT2D eigenvalue weighted by atomic mass is 9.56. The van der Waals surface area contributed by atoms with Crippen molar-refractivity contribution in [1.82, 2.24) is 0 Å². The first kappa shape index (κ1) is 9.17. The van der Waals surface area contributed by atoms with Crippen molar-refractivity contribution in [1.29, 1.82) is 0 Å². The molecule has 0 fully saturated rings. The van der Waals surface area contributed by atoms with E-state index in [2.05, 4.69) is 4.52 Å². The Bertz CT molecular complexity index is 119. The summed E-state index contributed by atoms with van der Waals surface area (Å²) in [4.78, 5) is 16.3. The fourth-order valence-corrected chi connectivity index (χ4v) is 0.739. The Labute approximate surface area is 54.5 Å². The molecule has 0 saturated carbocycles. The van der Waals surface area contributed by atoms with E-state index in [1.54, 1.807) is 0 Å². The molecule has 0 spiro atoms. The van der Waals surface area contributed by atoms with Crippen LogP contribution in [0.2, 0.25) is 13.6 Å². The number of phosphoric acid groups is 1. The van der Waals surface area contributed by atoms with Crippen LogP contribution in [-0.2, 0) is 9.09 Å². The van der Waals surface area contributed by atoms with Crippen LogP contribution < -0.4 is 0 Å². The zero-order valence-electron chi connectivity index (χ0n) is 5.44. The highest BCUT2D eigenvalue weighted by atomic mass is 31.2. The van der Waals surface area contributed by atoms with E-state index in [0.29, 0.717) is 0 Å². The van der Waals surface area contributed by atoms with Crippen LogP contribution in [0.3, 0.4) is 0 Å². The van der Waals surface area contributed by atoms with Gasteiger partial charge in [-0.25, -0.2) is 4.57 Å². The topological polar surface area (TPSA) is 66.8 Å². The van der Waals surface area contributed by atoms with Gasteiger partial charge in [0.05, 0.1) is 0 Å². The minimum atomic E-state index is -4.22. The lowest BCUT2D eigenvalue weighted by molar-refractivity contribution is 0.223. The standard InChI is InChI=1S/C3H10BO4P/c1-4(2)3-8-9(5,6)7/h3H2,1-2H3,(H2,5,6,7). The molecule has 0 saturated heterocycles. The van der Waals surface area contributed by atoms with Gasteiger partial charge in [0.1, 0.15) is 0 Å². The molecule has 4 nitrogen and oxygen atoms in total. The molecular formula is C3H10BO4P. The Hall–Kier alpha value is 0.175. The molecule has 0 atom stereocenters. The van der Waals surface area contributed by atoms with Crippen molar-refractivity contribution in [2.24, 2.45) is 0 Å². The number of rotatable bonds is 3. The van der Waals surface area contributed by atoms with Crippen molar-refractivity contribution >= 4 is 14.5 Å². The normalized spacial score (nSPS) is 11.6. The molecule has 0 rings (SSSR count). The Morgan fingerprint density at radius 1 is 1.56 bits per heavy atom. The summed E-state index contributed by atoms with van der Waals surface area (Å²) in [6.45, 7) is 3.88. The molecule has 6 heteroatoms. The summed E-state index contributed by atoms with van der Waals surface area (Å²) in [7, 11) is -4.22. The van der Waals surface area contributed by atoms with Crippen LogP contribution in [0, 0.1) is 0 Å². The summed E-state index contributed by atoms with van der Waals surface area (Å²) in [6.07, 6.45) is 0. The molecule has 0 heterocycles.